The molecule has 4 amide bonds. The van der Waals surface area contributed by atoms with Crippen LogP contribution in [0.4, 0.5) is 0 Å². The third kappa shape index (κ3) is 9.79. The Labute approximate surface area is 313 Å². The summed E-state index contributed by atoms with van der Waals surface area (Å²) >= 11 is 0. The largest absolute Gasteiger partial charge is 0.489 e. The number of rotatable bonds is 17. The highest BCUT2D eigenvalue weighted by Gasteiger charge is 2.37. The number of hydroxylamine groups is 3. The summed E-state index contributed by atoms with van der Waals surface area (Å²) in [4.78, 5) is 55.3. The van der Waals surface area contributed by atoms with Crippen molar-refractivity contribution in [3.05, 3.63) is 155 Å². The SMILES string of the molecule is O=C(CC(C1=CCN(Cc2ccc(OCc3ccccc3)cc2)C1=O)N(O)C(=O)CCC1=CCN(Cc2ccc(OCc3ccccc3)cc2)C1=O)NO. The summed E-state index contributed by atoms with van der Waals surface area (Å²) < 4.78 is 11.7. The molecule has 4 aromatic carbocycles. The van der Waals surface area contributed by atoms with E-state index in [0.29, 0.717) is 48.4 Å². The molecular formula is C42H42N4O8. The zero-order chi connectivity index (χ0) is 37.9. The smallest absolute Gasteiger partial charge is 0.252 e. The average Bonchev–Trinajstić information content (AvgIpc) is 3.75. The second kappa shape index (κ2) is 18.0. The van der Waals surface area contributed by atoms with Crippen LogP contribution >= 0.6 is 0 Å². The summed E-state index contributed by atoms with van der Waals surface area (Å²) in [5.41, 5.74) is 5.85. The van der Waals surface area contributed by atoms with Crippen LogP contribution in [0.5, 0.6) is 11.5 Å². The Hall–Kier alpha value is -6.24. The fourth-order valence-electron chi connectivity index (χ4n) is 6.30. The van der Waals surface area contributed by atoms with Gasteiger partial charge in [0.05, 0.1) is 12.5 Å². The first-order valence-corrected chi connectivity index (χ1v) is 17.7. The van der Waals surface area contributed by atoms with Crippen LogP contribution in [0, 0.1) is 0 Å². The van der Waals surface area contributed by atoms with Crippen LogP contribution in [0.25, 0.3) is 0 Å². The van der Waals surface area contributed by atoms with E-state index in [1.54, 1.807) is 17.1 Å². The minimum absolute atomic E-state index is 0.0519. The van der Waals surface area contributed by atoms with Crippen LogP contribution in [0.15, 0.2) is 132 Å². The second-order valence-corrected chi connectivity index (χ2v) is 13.1. The molecule has 2 aliphatic rings. The molecule has 1 unspecified atom stereocenters. The fraction of sp³-hybridized carbons (Fsp3) is 0.238. The van der Waals surface area contributed by atoms with Gasteiger partial charge in [0.15, 0.2) is 0 Å². The maximum Gasteiger partial charge on any atom is 0.252 e. The number of hydrogen-bond acceptors (Lipinski definition) is 8. The van der Waals surface area contributed by atoms with Gasteiger partial charge in [-0.15, -0.1) is 0 Å². The van der Waals surface area contributed by atoms with Crippen molar-refractivity contribution in [1.29, 1.82) is 0 Å². The van der Waals surface area contributed by atoms with Gasteiger partial charge in [-0.3, -0.25) is 29.6 Å². The summed E-state index contributed by atoms with van der Waals surface area (Å²) in [5, 5.41) is 20.6. The monoisotopic (exact) mass is 730 g/mol. The molecular weight excluding hydrogens is 688 g/mol. The van der Waals surface area contributed by atoms with Crippen LogP contribution < -0.4 is 15.0 Å². The van der Waals surface area contributed by atoms with Gasteiger partial charge in [0.1, 0.15) is 24.7 Å². The van der Waals surface area contributed by atoms with Crippen molar-refractivity contribution >= 4 is 23.6 Å². The van der Waals surface area contributed by atoms with Gasteiger partial charge in [-0.25, -0.2) is 10.5 Å². The average molecular weight is 731 g/mol. The van der Waals surface area contributed by atoms with Crippen molar-refractivity contribution in [2.45, 2.75) is 51.6 Å². The maximum absolute atomic E-state index is 13.5. The first kappa shape index (κ1) is 37.5. The highest BCUT2D eigenvalue weighted by atomic mass is 16.5. The number of nitrogens with zero attached hydrogens (tertiary/aromatic N) is 3. The molecule has 0 spiro atoms. The molecule has 0 saturated carbocycles. The van der Waals surface area contributed by atoms with Crippen LogP contribution in [0.2, 0.25) is 0 Å². The summed E-state index contributed by atoms with van der Waals surface area (Å²) in [5.74, 6) is -0.936. The molecule has 4 aromatic rings. The van der Waals surface area contributed by atoms with Gasteiger partial charge >= 0.3 is 0 Å². The summed E-state index contributed by atoms with van der Waals surface area (Å²) in [6, 6.07) is 33.2. The molecule has 6 rings (SSSR count). The van der Waals surface area contributed by atoms with Gasteiger partial charge in [0.25, 0.3) is 5.91 Å². The third-order valence-corrected chi connectivity index (χ3v) is 9.30. The summed E-state index contributed by atoms with van der Waals surface area (Å²) in [6.45, 7) is 2.05. The Kier molecular flexibility index (Phi) is 12.5. The molecule has 0 aromatic heterocycles. The van der Waals surface area contributed by atoms with E-state index in [9.17, 15) is 29.6 Å². The molecule has 278 valence electrons. The van der Waals surface area contributed by atoms with E-state index in [-0.39, 0.29) is 37.4 Å². The number of ether oxygens (including phenoxy) is 2. The lowest BCUT2D eigenvalue weighted by Gasteiger charge is -2.27. The van der Waals surface area contributed by atoms with Crippen molar-refractivity contribution in [1.82, 2.24) is 20.3 Å². The Balaban J connectivity index is 0.985. The fourth-order valence-corrected chi connectivity index (χ4v) is 6.30. The molecule has 2 heterocycles. The van der Waals surface area contributed by atoms with Gasteiger partial charge in [0.2, 0.25) is 17.7 Å². The van der Waals surface area contributed by atoms with E-state index >= 15 is 0 Å². The number of hydrogen-bond donors (Lipinski definition) is 3. The van der Waals surface area contributed by atoms with E-state index in [2.05, 4.69) is 0 Å². The maximum atomic E-state index is 13.5. The van der Waals surface area contributed by atoms with Crippen LogP contribution in [0.3, 0.4) is 0 Å². The lowest BCUT2D eigenvalue weighted by molar-refractivity contribution is -0.174. The highest BCUT2D eigenvalue weighted by Crippen LogP contribution is 2.26. The molecule has 0 bridgehead atoms. The number of carbonyl (C=O) groups excluding carboxylic acids is 4. The molecule has 0 saturated heterocycles. The quantitative estimate of drug-likeness (QED) is 0.0974. The van der Waals surface area contributed by atoms with Gasteiger partial charge in [-0.05, 0) is 52.9 Å². The minimum atomic E-state index is -1.35. The molecule has 1 atom stereocenters. The molecule has 0 aliphatic carbocycles. The van der Waals surface area contributed by atoms with E-state index < -0.39 is 30.2 Å². The van der Waals surface area contributed by atoms with Gasteiger partial charge in [0, 0.05) is 43.7 Å². The predicted octanol–water partition coefficient (Wildman–Crippen LogP) is 5.34. The Morgan fingerprint density at radius 1 is 0.685 bits per heavy atom. The van der Waals surface area contributed by atoms with Crippen LogP contribution in [-0.2, 0) is 45.5 Å². The third-order valence-electron chi connectivity index (χ3n) is 9.30. The summed E-state index contributed by atoms with van der Waals surface area (Å²) in [7, 11) is 0. The second-order valence-electron chi connectivity index (χ2n) is 13.1. The van der Waals surface area contributed by atoms with Crippen molar-refractivity contribution in [2.75, 3.05) is 13.1 Å². The number of carbonyl (C=O) groups is 4. The number of benzene rings is 4. The van der Waals surface area contributed by atoms with Gasteiger partial charge in [-0.2, -0.15) is 0 Å². The first-order valence-electron chi connectivity index (χ1n) is 17.7. The lowest BCUT2D eigenvalue weighted by atomic mass is 10.0. The molecule has 2 aliphatic heterocycles. The van der Waals surface area contributed by atoms with Crippen molar-refractivity contribution in [2.24, 2.45) is 0 Å². The standard InChI is InChI=1S/C42H42N4O8/c47-39(43-51)25-38(37-22-24-45(42(37)50)27-31-13-18-36(19-14-31)54-29-33-9-5-2-6-10-33)46(52)40(48)20-15-34-21-23-44(41(34)49)26-30-11-16-35(17-12-30)53-28-32-7-3-1-4-8-32/h1-14,16-19,21-22,38,51-52H,15,20,23-29H2,(H,43,47). The van der Waals surface area contributed by atoms with Crippen LogP contribution in [0.1, 0.15) is 41.5 Å². The topological polar surface area (TPSA) is 149 Å². The Bertz CT molecular complexity index is 1980. The van der Waals surface area contributed by atoms with Crippen molar-refractivity contribution in [3.63, 3.8) is 0 Å². The molecule has 12 heteroatoms. The number of amides is 4. The van der Waals surface area contributed by atoms with E-state index in [1.807, 2.05) is 109 Å². The van der Waals surface area contributed by atoms with Gasteiger partial charge < -0.3 is 19.3 Å². The normalized spacial score (nSPS) is 14.4. The molecule has 0 fully saturated rings. The molecule has 12 nitrogen and oxygen atoms in total. The minimum Gasteiger partial charge on any atom is -0.489 e. The van der Waals surface area contributed by atoms with Gasteiger partial charge in [-0.1, -0.05) is 97.1 Å². The van der Waals surface area contributed by atoms with Crippen molar-refractivity contribution in [3.8, 4) is 11.5 Å². The van der Waals surface area contributed by atoms with E-state index in [1.165, 1.54) is 10.4 Å². The predicted molar refractivity (Wildman–Crippen MR) is 198 cm³/mol. The van der Waals surface area contributed by atoms with E-state index in [4.69, 9.17) is 9.47 Å². The zero-order valence-corrected chi connectivity index (χ0v) is 29.7. The van der Waals surface area contributed by atoms with Crippen LogP contribution in [-0.4, -0.2) is 68.0 Å². The summed E-state index contributed by atoms with van der Waals surface area (Å²) in [6.07, 6.45) is 2.59. The Morgan fingerprint density at radius 3 is 1.70 bits per heavy atom. The zero-order valence-electron chi connectivity index (χ0n) is 29.7. The van der Waals surface area contributed by atoms with E-state index in [0.717, 1.165) is 22.3 Å². The lowest BCUT2D eigenvalue weighted by Crippen LogP contribution is -2.44. The highest BCUT2D eigenvalue weighted by molar-refractivity contribution is 5.99. The molecule has 3 N–H and O–H groups in total. The molecule has 54 heavy (non-hydrogen) atoms. The first-order chi connectivity index (χ1) is 26.3. The van der Waals surface area contributed by atoms with Crippen molar-refractivity contribution < 1.29 is 39.1 Å². The molecule has 0 radical (unpaired) electrons. The Morgan fingerprint density at radius 2 is 1.19 bits per heavy atom. The number of nitrogens with one attached hydrogen (secondary N) is 1.